The first kappa shape index (κ1) is 17.6. The molecule has 0 saturated carbocycles. The van der Waals surface area contributed by atoms with E-state index >= 15 is 0 Å². The average Bonchev–Trinajstić information content (AvgIpc) is 1.94. The van der Waals surface area contributed by atoms with Gasteiger partial charge in [-0.25, -0.2) is 22.1 Å². The third-order valence-corrected chi connectivity index (χ3v) is 2.14. The Morgan fingerprint density at radius 2 is 1.50 bits per heavy atom. The summed E-state index contributed by atoms with van der Waals surface area (Å²) in [5.41, 5.74) is 0. The van der Waals surface area contributed by atoms with Crippen LogP contribution >= 0.6 is 7.82 Å². The zero-order valence-electron chi connectivity index (χ0n) is 8.37. The van der Waals surface area contributed by atoms with Gasteiger partial charge in [0.05, 0.1) is 12.5 Å². The minimum Gasteiger partial charge on any atom is -0.303 e. The lowest BCUT2D eigenvalue weighted by atomic mass is 10.1. The van der Waals surface area contributed by atoms with Crippen molar-refractivity contribution in [2.24, 2.45) is 0 Å². The van der Waals surface area contributed by atoms with Crippen molar-refractivity contribution in [3.05, 3.63) is 0 Å². The van der Waals surface area contributed by atoms with Crippen LogP contribution in [-0.4, -0.2) is 34.4 Å². The molecule has 18 heavy (non-hydrogen) atoms. The normalized spacial score (nSPS) is 16.1. The Morgan fingerprint density at radius 3 is 1.78 bits per heavy atom. The molecule has 0 rings (SSSR count). The molecule has 0 aliphatic rings. The van der Waals surface area contributed by atoms with E-state index in [4.69, 9.17) is 9.79 Å². The van der Waals surface area contributed by atoms with Crippen molar-refractivity contribution in [2.45, 2.75) is 37.5 Å². The zero-order valence-corrected chi connectivity index (χ0v) is 9.27. The summed E-state index contributed by atoms with van der Waals surface area (Å²) in [6.45, 7) is 0. The maximum Gasteiger partial charge on any atom is 0.469 e. The van der Waals surface area contributed by atoms with Gasteiger partial charge in [0.25, 0.3) is 0 Å². The van der Waals surface area contributed by atoms with E-state index in [-0.39, 0.29) is 0 Å². The van der Waals surface area contributed by atoms with Crippen molar-refractivity contribution in [3.8, 4) is 0 Å². The molecule has 110 valence electrons. The van der Waals surface area contributed by atoms with Crippen LogP contribution in [0.3, 0.4) is 0 Å². The number of phosphoric ester groups is 1. The van der Waals surface area contributed by atoms with Crippen LogP contribution < -0.4 is 0 Å². The highest BCUT2D eigenvalue weighted by atomic mass is 31.2. The van der Waals surface area contributed by atoms with E-state index < -0.39 is 45.3 Å². The highest BCUT2D eigenvalue weighted by Gasteiger charge is 2.47. The topological polar surface area (TPSA) is 66.8 Å². The molecule has 0 saturated heterocycles. The van der Waals surface area contributed by atoms with Crippen molar-refractivity contribution in [1.29, 1.82) is 0 Å². The number of alkyl halides is 7. The van der Waals surface area contributed by atoms with Crippen molar-refractivity contribution < 1.29 is 49.6 Å². The molecule has 0 aliphatic heterocycles. The SMILES string of the molecule is O=P(O)(O)OC(CC(F)(F)F)CC(F)(F)C(F)F. The van der Waals surface area contributed by atoms with E-state index in [0.717, 1.165) is 0 Å². The molecular weight excluding hydrogens is 300 g/mol. The summed E-state index contributed by atoms with van der Waals surface area (Å²) in [4.78, 5) is 16.4. The molecular formula is C6H8F7O4P. The molecule has 0 amide bonds. The number of rotatable bonds is 6. The van der Waals surface area contributed by atoms with Gasteiger partial charge in [-0.15, -0.1) is 0 Å². The predicted molar refractivity (Wildman–Crippen MR) is 43.2 cm³/mol. The van der Waals surface area contributed by atoms with Crippen LogP contribution in [-0.2, 0) is 9.09 Å². The quantitative estimate of drug-likeness (QED) is 0.585. The van der Waals surface area contributed by atoms with Gasteiger partial charge >= 0.3 is 26.3 Å². The Labute approximate surface area is 96.0 Å². The van der Waals surface area contributed by atoms with Gasteiger partial charge in [0.1, 0.15) is 0 Å². The van der Waals surface area contributed by atoms with Gasteiger partial charge in [0, 0.05) is 6.42 Å². The maximum atomic E-state index is 12.5. The molecule has 0 heterocycles. The van der Waals surface area contributed by atoms with E-state index in [1.54, 1.807) is 0 Å². The smallest absolute Gasteiger partial charge is 0.303 e. The Morgan fingerprint density at radius 1 is 1.06 bits per heavy atom. The summed E-state index contributed by atoms with van der Waals surface area (Å²) in [6, 6.07) is 0. The fourth-order valence-electron chi connectivity index (χ4n) is 0.992. The lowest BCUT2D eigenvalue weighted by Gasteiger charge is -2.24. The molecule has 0 spiro atoms. The first-order valence-electron chi connectivity index (χ1n) is 4.19. The van der Waals surface area contributed by atoms with Crippen LogP contribution in [0.25, 0.3) is 0 Å². The third-order valence-electron chi connectivity index (χ3n) is 1.56. The molecule has 0 aromatic rings. The van der Waals surface area contributed by atoms with Crippen molar-refractivity contribution in [2.75, 3.05) is 0 Å². The van der Waals surface area contributed by atoms with Crippen molar-refractivity contribution in [3.63, 3.8) is 0 Å². The van der Waals surface area contributed by atoms with Gasteiger partial charge in [-0.2, -0.15) is 13.2 Å². The summed E-state index contributed by atoms with van der Waals surface area (Å²) in [5.74, 6) is -4.84. The summed E-state index contributed by atoms with van der Waals surface area (Å²) in [5, 5.41) is 0. The number of hydrogen-bond donors (Lipinski definition) is 2. The van der Waals surface area contributed by atoms with Gasteiger partial charge in [0.2, 0.25) is 0 Å². The molecule has 0 fully saturated rings. The van der Waals surface area contributed by atoms with Gasteiger partial charge in [-0.05, 0) is 0 Å². The maximum absolute atomic E-state index is 12.5. The van der Waals surface area contributed by atoms with Crippen LogP contribution in [0.5, 0.6) is 0 Å². The average molecular weight is 308 g/mol. The number of halogens is 7. The van der Waals surface area contributed by atoms with Gasteiger partial charge < -0.3 is 9.79 Å². The van der Waals surface area contributed by atoms with Gasteiger partial charge in [-0.3, -0.25) is 4.52 Å². The van der Waals surface area contributed by atoms with Crippen LogP contribution in [0.2, 0.25) is 0 Å². The number of phosphoric acid groups is 1. The molecule has 0 aromatic heterocycles. The van der Waals surface area contributed by atoms with Crippen LogP contribution in [0.1, 0.15) is 12.8 Å². The highest BCUT2D eigenvalue weighted by molar-refractivity contribution is 7.46. The Bertz CT molecular complexity index is 312. The second-order valence-electron chi connectivity index (χ2n) is 3.30. The summed E-state index contributed by atoms with van der Waals surface area (Å²) in [6.07, 6.45) is -16.5. The standard InChI is InChI=1S/C6H8F7O4P/c7-4(8)5(9,10)1-3(2-6(11,12)13)17-18(14,15)16/h3-4H,1-2H2,(H2,14,15,16). The predicted octanol–water partition coefficient (Wildman–Crippen LogP) is 2.71. The lowest BCUT2D eigenvalue weighted by molar-refractivity contribution is -0.178. The van der Waals surface area contributed by atoms with Crippen molar-refractivity contribution >= 4 is 7.82 Å². The highest BCUT2D eigenvalue weighted by Crippen LogP contribution is 2.43. The first-order chi connectivity index (χ1) is 7.73. The minimum atomic E-state index is -5.50. The van der Waals surface area contributed by atoms with E-state index in [1.165, 1.54) is 0 Å². The zero-order chi connectivity index (χ0) is 14.8. The Balaban J connectivity index is 4.84. The van der Waals surface area contributed by atoms with Crippen LogP contribution in [0.4, 0.5) is 30.7 Å². The first-order valence-corrected chi connectivity index (χ1v) is 5.72. The second kappa shape index (κ2) is 5.72. The van der Waals surface area contributed by atoms with E-state index in [9.17, 15) is 35.3 Å². The molecule has 12 heteroatoms. The minimum absolute atomic E-state index is 2.16. The fourth-order valence-corrected chi connectivity index (χ4v) is 1.53. The summed E-state index contributed by atoms with van der Waals surface area (Å²) >= 11 is 0. The molecule has 1 unspecified atom stereocenters. The molecule has 2 N–H and O–H groups in total. The summed E-state index contributed by atoms with van der Waals surface area (Å²) < 4.78 is 97.9. The second-order valence-corrected chi connectivity index (χ2v) is 4.50. The van der Waals surface area contributed by atoms with Crippen LogP contribution in [0, 0.1) is 0 Å². The van der Waals surface area contributed by atoms with Gasteiger partial charge in [-0.1, -0.05) is 0 Å². The monoisotopic (exact) mass is 308 g/mol. The molecule has 1 atom stereocenters. The number of hydrogen-bond acceptors (Lipinski definition) is 2. The summed E-state index contributed by atoms with van der Waals surface area (Å²) in [7, 11) is -5.50. The third kappa shape index (κ3) is 7.85. The largest absolute Gasteiger partial charge is 0.469 e. The van der Waals surface area contributed by atoms with Gasteiger partial charge in [0.15, 0.2) is 0 Å². The van der Waals surface area contributed by atoms with E-state index in [2.05, 4.69) is 4.52 Å². The Hall–Kier alpha value is -0.380. The van der Waals surface area contributed by atoms with E-state index in [1.807, 2.05) is 0 Å². The Kier molecular flexibility index (Phi) is 5.60. The molecule has 4 nitrogen and oxygen atoms in total. The van der Waals surface area contributed by atoms with E-state index in [0.29, 0.717) is 0 Å². The lowest BCUT2D eigenvalue weighted by Crippen LogP contribution is -2.34. The molecule has 0 radical (unpaired) electrons. The molecule has 0 aromatic carbocycles. The fraction of sp³-hybridized carbons (Fsp3) is 1.00. The molecule has 0 aliphatic carbocycles. The van der Waals surface area contributed by atoms with Crippen LogP contribution in [0.15, 0.2) is 0 Å². The molecule has 0 bridgehead atoms. The van der Waals surface area contributed by atoms with Crippen molar-refractivity contribution in [1.82, 2.24) is 0 Å².